The van der Waals surface area contributed by atoms with Gasteiger partial charge in [0.15, 0.2) is 0 Å². The average molecular weight is 228 g/mol. The van der Waals surface area contributed by atoms with E-state index in [9.17, 15) is 4.79 Å². The Hall–Kier alpha value is -1.41. The minimum Gasteiger partial charge on any atom is -0.370 e. The van der Waals surface area contributed by atoms with Gasteiger partial charge in [0.25, 0.3) is 0 Å². The predicted octanol–water partition coefficient (Wildman–Crippen LogP) is 2.84. The van der Waals surface area contributed by atoms with Crippen molar-refractivity contribution in [1.82, 2.24) is 0 Å². The molecule has 3 rings (SSSR count). The summed E-state index contributed by atoms with van der Waals surface area (Å²) in [4.78, 5) is 11.8. The fourth-order valence-corrected chi connectivity index (χ4v) is 2.73. The van der Waals surface area contributed by atoms with E-state index in [1.54, 1.807) is 0 Å². The monoisotopic (exact) mass is 228 g/mol. The van der Waals surface area contributed by atoms with Crippen LogP contribution >= 0.6 is 0 Å². The second-order valence-corrected chi connectivity index (χ2v) is 4.84. The number of ketones is 1. The molecule has 2 nitrogen and oxygen atoms in total. The molecule has 2 fully saturated rings. The summed E-state index contributed by atoms with van der Waals surface area (Å²) in [5.41, 5.74) is 1.16. The lowest BCUT2D eigenvalue weighted by molar-refractivity contribution is -0.123. The van der Waals surface area contributed by atoms with E-state index in [0.717, 1.165) is 18.4 Å². The van der Waals surface area contributed by atoms with Crippen molar-refractivity contribution < 1.29 is 9.53 Å². The van der Waals surface area contributed by atoms with Crippen molar-refractivity contribution in [3.8, 4) is 0 Å². The van der Waals surface area contributed by atoms with Gasteiger partial charge in [-0.05, 0) is 18.4 Å². The Morgan fingerprint density at radius 1 is 1.24 bits per heavy atom. The van der Waals surface area contributed by atoms with Crippen molar-refractivity contribution in [2.75, 3.05) is 0 Å². The van der Waals surface area contributed by atoms with Crippen LogP contribution in [0.1, 0.15) is 24.8 Å². The molecule has 0 amide bonds. The maximum atomic E-state index is 11.8. The zero-order valence-electron chi connectivity index (χ0n) is 9.71. The van der Waals surface area contributed by atoms with Crippen LogP contribution in [0.15, 0.2) is 36.4 Å². The number of carbonyl (C=O) groups is 1. The fraction of sp³-hybridized carbons (Fsp3) is 0.400. The maximum absolute atomic E-state index is 11.8. The molecular formula is C15H16O2. The zero-order chi connectivity index (χ0) is 11.7. The van der Waals surface area contributed by atoms with Crippen molar-refractivity contribution in [2.24, 2.45) is 5.92 Å². The highest BCUT2D eigenvalue weighted by molar-refractivity contribution is 5.83. The van der Waals surface area contributed by atoms with Crippen LogP contribution in [0, 0.1) is 5.92 Å². The number of rotatable bonds is 2. The zero-order valence-corrected chi connectivity index (χ0v) is 9.71. The lowest BCUT2D eigenvalue weighted by Crippen LogP contribution is -2.23. The Labute approximate surface area is 101 Å². The van der Waals surface area contributed by atoms with E-state index < -0.39 is 0 Å². The first-order chi connectivity index (χ1) is 8.33. The molecule has 2 heteroatoms. The van der Waals surface area contributed by atoms with Gasteiger partial charge in [-0.3, -0.25) is 4.79 Å². The third kappa shape index (κ3) is 2.18. The van der Waals surface area contributed by atoms with Crippen molar-refractivity contribution in [2.45, 2.75) is 31.5 Å². The van der Waals surface area contributed by atoms with E-state index in [1.807, 2.05) is 24.3 Å². The van der Waals surface area contributed by atoms with E-state index in [4.69, 9.17) is 4.74 Å². The van der Waals surface area contributed by atoms with Crippen molar-refractivity contribution >= 4 is 11.9 Å². The topological polar surface area (TPSA) is 26.3 Å². The minimum atomic E-state index is -0.00444. The van der Waals surface area contributed by atoms with Crippen LogP contribution in [0.4, 0.5) is 0 Å². The molecule has 1 heterocycles. The van der Waals surface area contributed by atoms with Crippen LogP contribution < -0.4 is 0 Å². The van der Waals surface area contributed by atoms with Crippen LogP contribution in [-0.2, 0) is 9.53 Å². The Morgan fingerprint density at radius 2 is 2.06 bits per heavy atom. The molecular weight excluding hydrogens is 212 g/mol. The first-order valence-corrected chi connectivity index (χ1v) is 6.24. The second-order valence-electron chi connectivity index (χ2n) is 4.84. The molecule has 2 aliphatic rings. The quantitative estimate of drug-likeness (QED) is 0.778. The van der Waals surface area contributed by atoms with Gasteiger partial charge in [0.1, 0.15) is 5.78 Å². The summed E-state index contributed by atoms with van der Waals surface area (Å²) in [5.74, 6) is 0.482. The maximum Gasteiger partial charge on any atom is 0.139 e. The minimum absolute atomic E-state index is 0.00444. The molecule has 0 unspecified atom stereocenters. The molecule has 1 aliphatic carbocycles. The normalized spacial score (nSPS) is 32.2. The number of hydrogen-bond acceptors (Lipinski definition) is 2. The van der Waals surface area contributed by atoms with Crippen LogP contribution in [0.2, 0.25) is 0 Å². The number of ether oxygens (including phenoxy) is 1. The Bertz CT molecular complexity index is 435. The standard InChI is InChI=1S/C15H16O2/c16-14-8-7-12-10-13(14)15(17-12)9-6-11-4-2-1-3-5-11/h1-6,9,12-13,15H,7-8,10H2/b9-6+/t12-,13-,15+/m0/s1. The Morgan fingerprint density at radius 3 is 2.88 bits per heavy atom. The SMILES string of the molecule is O=C1CC[C@H]2C[C@@H]1[C@@H](/C=C/c1ccccc1)O2. The van der Waals surface area contributed by atoms with Crippen LogP contribution in [-0.4, -0.2) is 18.0 Å². The molecule has 1 saturated heterocycles. The van der Waals surface area contributed by atoms with Gasteiger partial charge in [-0.2, -0.15) is 0 Å². The number of benzene rings is 1. The molecule has 0 spiro atoms. The first-order valence-electron chi connectivity index (χ1n) is 6.24. The Kier molecular flexibility index (Phi) is 2.81. The lowest BCUT2D eigenvalue weighted by Gasteiger charge is -2.14. The number of Topliss-reactive ketones (excluding diaryl/α,β-unsaturated/α-hetero) is 1. The van der Waals surface area contributed by atoms with Gasteiger partial charge in [-0.1, -0.05) is 42.5 Å². The highest BCUT2D eigenvalue weighted by Gasteiger charge is 2.41. The molecule has 0 radical (unpaired) electrons. The van der Waals surface area contributed by atoms with Crippen LogP contribution in [0.5, 0.6) is 0 Å². The largest absolute Gasteiger partial charge is 0.370 e. The molecule has 1 saturated carbocycles. The molecule has 3 atom stereocenters. The van der Waals surface area contributed by atoms with Gasteiger partial charge in [0, 0.05) is 12.3 Å². The van der Waals surface area contributed by atoms with E-state index in [0.29, 0.717) is 18.3 Å². The van der Waals surface area contributed by atoms with Crippen molar-refractivity contribution in [3.05, 3.63) is 42.0 Å². The molecule has 0 aromatic heterocycles. The first kappa shape index (κ1) is 10.7. The number of fused-ring (bicyclic) bond motifs is 2. The summed E-state index contributed by atoms with van der Waals surface area (Å²) >= 11 is 0. The van der Waals surface area contributed by atoms with Gasteiger partial charge in [0.2, 0.25) is 0 Å². The summed E-state index contributed by atoms with van der Waals surface area (Å²) < 4.78 is 5.87. The molecule has 88 valence electrons. The molecule has 17 heavy (non-hydrogen) atoms. The van der Waals surface area contributed by atoms with Gasteiger partial charge in [-0.25, -0.2) is 0 Å². The summed E-state index contributed by atoms with van der Waals surface area (Å²) in [6.45, 7) is 0. The third-order valence-electron chi connectivity index (χ3n) is 3.67. The van der Waals surface area contributed by atoms with Crippen LogP contribution in [0.3, 0.4) is 0 Å². The summed E-state index contributed by atoms with van der Waals surface area (Å²) in [7, 11) is 0. The van der Waals surface area contributed by atoms with Crippen LogP contribution in [0.25, 0.3) is 6.08 Å². The highest BCUT2D eigenvalue weighted by atomic mass is 16.5. The number of hydrogen-bond donors (Lipinski definition) is 0. The van der Waals surface area contributed by atoms with Gasteiger partial charge in [0.05, 0.1) is 12.2 Å². The van der Waals surface area contributed by atoms with Gasteiger partial charge in [-0.15, -0.1) is 0 Å². The van der Waals surface area contributed by atoms with Gasteiger partial charge < -0.3 is 4.74 Å². The average Bonchev–Trinajstić information content (AvgIpc) is 2.72. The fourth-order valence-electron chi connectivity index (χ4n) is 2.73. The second kappa shape index (κ2) is 4.46. The van der Waals surface area contributed by atoms with Crippen molar-refractivity contribution in [3.63, 3.8) is 0 Å². The summed E-state index contributed by atoms with van der Waals surface area (Å²) in [6.07, 6.45) is 6.93. The molecule has 1 aromatic rings. The van der Waals surface area contributed by atoms with E-state index in [1.165, 1.54) is 0 Å². The smallest absolute Gasteiger partial charge is 0.139 e. The summed E-state index contributed by atoms with van der Waals surface area (Å²) in [6, 6.07) is 10.1. The highest BCUT2D eigenvalue weighted by Crippen LogP contribution is 2.36. The third-order valence-corrected chi connectivity index (χ3v) is 3.67. The van der Waals surface area contributed by atoms with E-state index in [-0.39, 0.29) is 12.0 Å². The molecule has 0 N–H and O–H groups in total. The Balaban J connectivity index is 1.74. The lowest BCUT2D eigenvalue weighted by atomic mass is 9.85. The van der Waals surface area contributed by atoms with E-state index in [2.05, 4.69) is 18.2 Å². The van der Waals surface area contributed by atoms with Crippen molar-refractivity contribution in [1.29, 1.82) is 0 Å². The number of carbonyl (C=O) groups excluding carboxylic acids is 1. The molecule has 1 aromatic carbocycles. The molecule has 1 aliphatic heterocycles. The molecule has 2 bridgehead atoms. The summed E-state index contributed by atoms with van der Waals surface area (Å²) in [5, 5.41) is 0. The van der Waals surface area contributed by atoms with E-state index >= 15 is 0 Å². The van der Waals surface area contributed by atoms with Gasteiger partial charge >= 0.3 is 0 Å². The predicted molar refractivity (Wildman–Crippen MR) is 66.5 cm³/mol.